The smallest absolute Gasteiger partial charge is 0.276 e. The SMILES string of the molecule is Cc1ccc(-c2cc(C(=O)N3CCC[C@@H](C(=O)NCc4ccc(F)cc4)C3)no2)cc1. The minimum atomic E-state index is -0.310. The summed E-state index contributed by atoms with van der Waals surface area (Å²) in [4.78, 5) is 27.2. The van der Waals surface area contributed by atoms with Crippen molar-refractivity contribution in [1.29, 1.82) is 0 Å². The largest absolute Gasteiger partial charge is 0.355 e. The quantitative estimate of drug-likeness (QED) is 0.677. The van der Waals surface area contributed by atoms with Gasteiger partial charge in [-0.25, -0.2) is 4.39 Å². The predicted molar refractivity (Wildman–Crippen MR) is 114 cm³/mol. The van der Waals surface area contributed by atoms with Gasteiger partial charge in [-0.3, -0.25) is 9.59 Å². The zero-order valence-corrected chi connectivity index (χ0v) is 17.3. The Morgan fingerprint density at radius 1 is 1.16 bits per heavy atom. The zero-order valence-electron chi connectivity index (χ0n) is 17.3. The van der Waals surface area contributed by atoms with Crippen LogP contribution < -0.4 is 5.32 Å². The molecule has 0 unspecified atom stereocenters. The summed E-state index contributed by atoms with van der Waals surface area (Å²) in [5.74, 6) is -0.411. The monoisotopic (exact) mass is 421 g/mol. The van der Waals surface area contributed by atoms with E-state index in [9.17, 15) is 14.0 Å². The van der Waals surface area contributed by atoms with Crippen LogP contribution in [0.5, 0.6) is 0 Å². The van der Waals surface area contributed by atoms with Gasteiger partial charge in [0.15, 0.2) is 11.5 Å². The van der Waals surface area contributed by atoms with Crippen LogP contribution in [0.3, 0.4) is 0 Å². The number of piperidine rings is 1. The summed E-state index contributed by atoms with van der Waals surface area (Å²) in [7, 11) is 0. The molecule has 2 aromatic carbocycles. The molecule has 4 rings (SSSR count). The Morgan fingerprint density at radius 3 is 2.65 bits per heavy atom. The minimum Gasteiger partial charge on any atom is -0.355 e. The van der Waals surface area contributed by atoms with Crippen LogP contribution in [-0.2, 0) is 11.3 Å². The first-order valence-electron chi connectivity index (χ1n) is 10.3. The maximum absolute atomic E-state index is 13.0. The fourth-order valence-electron chi connectivity index (χ4n) is 3.70. The summed E-state index contributed by atoms with van der Waals surface area (Å²) < 4.78 is 18.4. The Balaban J connectivity index is 1.36. The maximum Gasteiger partial charge on any atom is 0.276 e. The second-order valence-corrected chi connectivity index (χ2v) is 7.88. The summed E-state index contributed by atoms with van der Waals surface area (Å²) in [5.41, 5.74) is 3.05. The first kappa shape index (κ1) is 20.8. The Kier molecular flexibility index (Phi) is 6.11. The molecule has 2 heterocycles. The third-order valence-electron chi connectivity index (χ3n) is 5.52. The van der Waals surface area contributed by atoms with E-state index in [2.05, 4.69) is 10.5 Å². The van der Waals surface area contributed by atoms with Crippen molar-refractivity contribution < 1.29 is 18.5 Å². The number of nitrogens with zero attached hydrogens (tertiary/aromatic N) is 2. The molecule has 0 saturated carbocycles. The van der Waals surface area contributed by atoms with Gasteiger partial charge in [0.2, 0.25) is 5.91 Å². The molecule has 0 aliphatic carbocycles. The maximum atomic E-state index is 13.0. The molecule has 1 aliphatic heterocycles. The molecule has 3 aromatic rings. The second-order valence-electron chi connectivity index (χ2n) is 7.88. The number of carbonyl (C=O) groups excluding carboxylic acids is 2. The van der Waals surface area contributed by atoms with E-state index >= 15 is 0 Å². The van der Waals surface area contributed by atoms with Crippen molar-refractivity contribution in [3.63, 3.8) is 0 Å². The number of nitrogens with one attached hydrogen (secondary N) is 1. The van der Waals surface area contributed by atoms with Crippen LogP contribution in [0, 0.1) is 18.7 Å². The molecule has 1 fully saturated rings. The van der Waals surface area contributed by atoms with Crippen molar-refractivity contribution >= 4 is 11.8 Å². The molecule has 1 saturated heterocycles. The molecule has 0 bridgehead atoms. The van der Waals surface area contributed by atoms with Crippen LogP contribution in [0.2, 0.25) is 0 Å². The van der Waals surface area contributed by atoms with E-state index in [1.165, 1.54) is 12.1 Å². The molecule has 0 spiro atoms. The Labute approximate surface area is 180 Å². The predicted octanol–water partition coefficient (Wildman–Crippen LogP) is 3.96. The molecule has 6 nitrogen and oxygen atoms in total. The highest BCUT2D eigenvalue weighted by Gasteiger charge is 2.30. The molecule has 1 atom stereocenters. The van der Waals surface area contributed by atoms with Gasteiger partial charge in [-0.05, 0) is 37.5 Å². The summed E-state index contributed by atoms with van der Waals surface area (Å²) in [5, 5.41) is 6.83. The number of rotatable bonds is 5. The van der Waals surface area contributed by atoms with E-state index in [0.717, 1.165) is 23.1 Å². The first-order chi connectivity index (χ1) is 15.0. The van der Waals surface area contributed by atoms with E-state index in [1.54, 1.807) is 23.1 Å². The van der Waals surface area contributed by atoms with Crippen molar-refractivity contribution in [2.24, 2.45) is 5.92 Å². The number of carbonyl (C=O) groups is 2. The first-order valence-corrected chi connectivity index (χ1v) is 10.3. The summed E-state index contributed by atoms with van der Waals surface area (Å²) in [6.45, 7) is 3.24. The summed E-state index contributed by atoms with van der Waals surface area (Å²) >= 11 is 0. The number of hydrogen-bond donors (Lipinski definition) is 1. The lowest BCUT2D eigenvalue weighted by atomic mass is 9.96. The van der Waals surface area contributed by atoms with E-state index in [1.807, 2.05) is 31.2 Å². The average molecular weight is 421 g/mol. The van der Waals surface area contributed by atoms with Crippen molar-refractivity contribution in [1.82, 2.24) is 15.4 Å². The van der Waals surface area contributed by atoms with Crippen molar-refractivity contribution in [2.45, 2.75) is 26.3 Å². The van der Waals surface area contributed by atoms with Crippen LogP contribution in [0.1, 0.15) is 34.5 Å². The lowest BCUT2D eigenvalue weighted by Crippen LogP contribution is -2.45. The van der Waals surface area contributed by atoms with Gasteiger partial charge in [0.05, 0.1) is 5.92 Å². The van der Waals surface area contributed by atoms with Gasteiger partial charge in [-0.2, -0.15) is 0 Å². The molecule has 1 aromatic heterocycles. The van der Waals surface area contributed by atoms with Crippen LogP contribution >= 0.6 is 0 Å². The number of aryl methyl sites for hydroxylation is 1. The molecule has 160 valence electrons. The van der Waals surface area contributed by atoms with Gasteiger partial charge in [0.1, 0.15) is 5.82 Å². The number of amides is 2. The number of aromatic nitrogens is 1. The van der Waals surface area contributed by atoms with Crippen LogP contribution in [0.15, 0.2) is 59.1 Å². The van der Waals surface area contributed by atoms with E-state index < -0.39 is 0 Å². The normalized spacial score (nSPS) is 16.2. The third kappa shape index (κ3) is 4.99. The fourth-order valence-corrected chi connectivity index (χ4v) is 3.70. The molecule has 2 amide bonds. The van der Waals surface area contributed by atoms with Gasteiger partial charge >= 0.3 is 0 Å². The Hall–Kier alpha value is -3.48. The lowest BCUT2D eigenvalue weighted by molar-refractivity contribution is -0.126. The van der Waals surface area contributed by atoms with Crippen molar-refractivity contribution in [2.75, 3.05) is 13.1 Å². The van der Waals surface area contributed by atoms with Crippen LogP contribution in [-0.4, -0.2) is 35.0 Å². The van der Waals surface area contributed by atoms with E-state index in [-0.39, 0.29) is 29.2 Å². The summed E-state index contributed by atoms with van der Waals surface area (Å²) in [6.07, 6.45) is 1.45. The topological polar surface area (TPSA) is 75.4 Å². The third-order valence-corrected chi connectivity index (χ3v) is 5.52. The highest BCUT2D eigenvalue weighted by Crippen LogP contribution is 2.23. The number of hydrogen-bond acceptors (Lipinski definition) is 4. The zero-order chi connectivity index (χ0) is 21.8. The molecular weight excluding hydrogens is 397 g/mol. The van der Waals surface area contributed by atoms with Crippen LogP contribution in [0.25, 0.3) is 11.3 Å². The number of halogens is 1. The number of benzene rings is 2. The van der Waals surface area contributed by atoms with Crippen molar-refractivity contribution in [3.8, 4) is 11.3 Å². The van der Waals surface area contributed by atoms with Gasteiger partial charge in [0.25, 0.3) is 5.91 Å². The molecule has 31 heavy (non-hydrogen) atoms. The standard InChI is InChI=1S/C24H24FN3O3/c1-16-4-8-18(9-5-16)22-13-21(27-31-22)24(30)28-12-2-3-19(15-28)23(29)26-14-17-6-10-20(25)11-7-17/h4-11,13,19H,2-3,12,14-15H2,1H3,(H,26,29)/t19-/m1/s1. The Bertz CT molecular complexity index is 1060. The lowest BCUT2D eigenvalue weighted by Gasteiger charge is -2.31. The molecule has 7 heteroatoms. The van der Waals surface area contributed by atoms with Gasteiger partial charge in [-0.1, -0.05) is 47.1 Å². The summed E-state index contributed by atoms with van der Waals surface area (Å²) in [6, 6.07) is 15.4. The average Bonchev–Trinajstić information content (AvgIpc) is 3.29. The van der Waals surface area contributed by atoms with Crippen molar-refractivity contribution in [3.05, 3.63) is 77.2 Å². The van der Waals surface area contributed by atoms with E-state index in [0.29, 0.717) is 31.8 Å². The van der Waals surface area contributed by atoms with Gasteiger partial charge in [-0.15, -0.1) is 0 Å². The molecular formula is C24H24FN3O3. The minimum absolute atomic E-state index is 0.109. The van der Waals surface area contributed by atoms with Crippen LogP contribution in [0.4, 0.5) is 4.39 Å². The fraction of sp³-hybridized carbons (Fsp3) is 0.292. The molecule has 1 aliphatic rings. The van der Waals surface area contributed by atoms with E-state index in [4.69, 9.17) is 4.52 Å². The highest BCUT2D eigenvalue weighted by atomic mass is 19.1. The number of likely N-dealkylation sites (tertiary alicyclic amines) is 1. The molecule has 1 N–H and O–H groups in total. The molecule has 0 radical (unpaired) electrons. The van der Waals surface area contributed by atoms with Gasteiger partial charge < -0.3 is 14.7 Å². The second kappa shape index (κ2) is 9.12. The highest BCUT2D eigenvalue weighted by molar-refractivity contribution is 5.93. The van der Waals surface area contributed by atoms with Gasteiger partial charge in [0, 0.05) is 31.3 Å². The Morgan fingerprint density at radius 2 is 1.90 bits per heavy atom.